The summed E-state index contributed by atoms with van der Waals surface area (Å²) in [4.78, 5) is 33.9. The number of hydrogen-bond donors (Lipinski definition) is 0. The average molecular weight is 580 g/mol. The number of aromatic nitrogens is 1. The normalized spacial score (nSPS) is 17.1. The molecular formula is C30H37N5O3S2. The van der Waals surface area contributed by atoms with Crippen LogP contribution in [0.15, 0.2) is 34.0 Å². The van der Waals surface area contributed by atoms with Crippen LogP contribution in [0.25, 0.3) is 6.08 Å². The van der Waals surface area contributed by atoms with Crippen LogP contribution in [0, 0.1) is 18.3 Å². The van der Waals surface area contributed by atoms with Crippen LogP contribution >= 0.6 is 24.0 Å². The lowest BCUT2D eigenvalue weighted by Crippen LogP contribution is -2.48. The van der Waals surface area contributed by atoms with Gasteiger partial charge in [0.25, 0.3) is 11.5 Å². The van der Waals surface area contributed by atoms with Gasteiger partial charge in [0.1, 0.15) is 27.5 Å². The first-order valence-electron chi connectivity index (χ1n) is 13.9. The zero-order valence-electron chi connectivity index (χ0n) is 23.7. The summed E-state index contributed by atoms with van der Waals surface area (Å²) in [6, 6.07) is 9.93. The van der Waals surface area contributed by atoms with Crippen molar-refractivity contribution in [3.05, 3.63) is 61.8 Å². The second kappa shape index (κ2) is 13.5. The lowest BCUT2D eigenvalue weighted by atomic mass is 10.0. The van der Waals surface area contributed by atoms with Crippen LogP contribution in [0.3, 0.4) is 0 Å². The lowest BCUT2D eigenvalue weighted by Gasteiger charge is -2.37. The van der Waals surface area contributed by atoms with Crippen molar-refractivity contribution in [1.82, 2.24) is 14.4 Å². The third-order valence-corrected chi connectivity index (χ3v) is 9.01. The molecule has 8 nitrogen and oxygen atoms in total. The van der Waals surface area contributed by atoms with Gasteiger partial charge in [0.15, 0.2) is 0 Å². The van der Waals surface area contributed by atoms with E-state index in [0.29, 0.717) is 34.3 Å². The molecule has 2 aliphatic heterocycles. The summed E-state index contributed by atoms with van der Waals surface area (Å²) in [5.74, 6) is 1.44. The molecule has 212 valence electrons. The Morgan fingerprint density at radius 3 is 2.40 bits per heavy atom. The molecule has 2 aromatic rings. The molecule has 1 amide bonds. The van der Waals surface area contributed by atoms with Gasteiger partial charge < -0.3 is 14.5 Å². The van der Waals surface area contributed by atoms with E-state index >= 15 is 0 Å². The van der Waals surface area contributed by atoms with E-state index in [1.165, 1.54) is 11.8 Å². The number of piperazine rings is 1. The third kappa shape index (κ3) is 6.27. The van der Waals surface area contributed by atoms with E-state index in [9.17, 15) is 14.9 Å². The number of benzene rings is 1. The maximum Gasteiger partial charge on any atom is 0.270 e. The molecule has 1 aromatic carbocycles. The van der Waals surface area contributed by atoms with Crippen molar-refractivity contribution in [2.45, 2.75) is 46.6 Å². The summed E-state index contributed by atoms with van der Waals surface area (Å²) in [7, 11) is 1.63. The van der Waals surface area contributed by atoms with Crippen LogP contribution in [0.1, 0.15) is 48.9 Å². The number of nitrogens with zero attached hydrogens (tertiary/aromatic N) is 5. The zero-order valence-corrected chi connectivity index (χ0v) is 25.4. The van der Waals surface area contributed by atoms with Crippen LogP contribution in [-0.2, 0) is 17.8 Å². The molecule has 4 rings (SSSR count). The second-order valence-corrected chi connectivity index (χ2v) is 11.7. The Labute approximate surface area is 246 Å². The Kier molecular flexibility index (Phi) is 10.1. The monoisotopic (exact) mass is 579 g/mol. The van der Waals surface area contributed by atoms with Gasteiger partial charge in [-0.05, 0) is 55.6 Å². The SMILES string of the molecule is CCCCn1c(N2CCN(CC)CC2)c(C=C2SC(=S)N(CCc3ccc(OC)cc3)C2=O)c(C)c(C#N)c1=O. The number of rotatable bonds is 10. The zero-order chi connectivity index (χ0) is 28.8. The standard InChI is InChI=1S/C30H37N5O3S2/c1-5-7-13-34-27(33-17-15-32(6-2)16-18-33)24(21(3)25(20-31)28(34)36)19-26-29(37)35(30(39)40-26)14-12-22-8-10-23(38-4)11-9-22/h8-11,19H,5-7,12-18H2,1-4H3. The average Bonchev–Trinajstić information content (AvgIpc) is 3.24. The second-order valence-electron chi connectivity index (χ2n) is 10.0. The van der Waals surface area contributed by atoms with Gasteiger partial charge in [0, 0.05) is 44.8 Å². The van der Waals surface area contributed by atoms with E-state index in [1.807, 2.05) is 37.3 Å². The number of hydrogen-bond acceptors (Lipinski definition) is 8. The van der Waals surface area contributed by atoms with E-state index in [-0.39, 0.29) is 17.0 Å². The first-order valence-corrected chi connectivity index (χ1v) is 15.1. The van der Waals surface area contributed by atoms with Crippen LogP contribution in [0.5, 0.6) is 5.75 Å². The molecule has 0 aliphatic carbocycles. The van der Waals surface area contributed by atoms with Crippen LogP contribution in [0.2, 0.25) is 0 Å². The van der Waals surface area contributed by atoms with Crippen molar-refractivity contribution in [3.63, 3.8) is 0 Å². The molecule has 0 unspecified atom stereocenters. The van der Waals surface area contributed by atoms with Gasteiger partial charge in [0.05, 0.1) is 12.0 Å². The van der Waals surface area contributed by atoms with E-state index < -0.39 is 0 Å². The minimum atomic E-state index is -0.259. The van der Waals surface area contributed by atoms with Crippen LogP contribution < -0.4 is 15.2 Å². The summed E-state index contributed by atoms with van der Waals surface area (Å²) in [5.41, 5.74) is 2.33. The van der Waals surface area contributed by atoms with Crippen LogP contribution in [0.4, 0.5) is 5.82 Å². The number of ether oxygens (including phenoxy) is 1. The van der Waals surface area contributed by atoms with E-state index in [4.69, 9.17) is 17.0 Å². The highest BCUT2D eigenvalue weighted by atomic mass is 32.2. The number of likely N-dealkylation sites (N-methyl/N-ethyl adjacent to an activating group) is 1. The number of carbonyl (C=O) groups is 1. The number of methoxy groups -OCH3 is 1. The molecule has 2 aliphatic rings. The first kappa shape index (κ1) is 29.8. The summed E-state index contributed by atoms with van der Waals surface area (Å²) in [5, 5.41) is 9.94. The summed E-state index contributed by atoms with van der Waals surface area (Å²) in [6.07, 6.45) is 4.26. The maximum absolute atomic E-state index is 13.6. The van der Waals surface area contributed by atoms with Gasteiger partial charge in [-0.15, -0.1) is 0 Å². The molecule has 2 fully saturated rings. The lowest BCUT2D eigenvalue weighted by molar-refractivity contribution is -0.122. The minimum Gasteiger partial charge on any atom is -0.497 e. The van der Waals surface area contributed by atoms with Crippen molar-refractivity contribution in [2.24, 2.45) is 0 Å². The molecule has 10 heteroatoms. The molecule has 0 atom stereocenters. The van der Waals surface area contributed by atoms with Gasteiger partial charge in [0.2, 0.25) is 0 Å². The van der Waals surface area contributed by atoms with Crippen LogP contribution in [-0.4, -0.2) is 71.0 Å². The van der Waals surface area contributed by atoms with Gasteiger partial charge in [-0.2, -0.15) is 5.26 Å². The minimum absolute atomic E-state index is 0.133. The van der Waals surface area contributed by atoms with E-state index in [2.05, 4.69) is 29.7 Å². The molecule has 1 aromatic heterocycles. The van der Waals surface area contributed by atoms with Crippen molar-refractivity contribution < 1.29 is 9.53 Å². The van der Waals surface area contributed by atoms with E-state index in [0.717, 1.165) is 68.3 Å². The Bertz CT molecular complexity index is 1390. The summed E-state index contributed by atoms with van der Waals surface area (Å²) >= 11 is 6.90. The number of unbranched alkanes of at least 4 members (excludes halogenated alkanes) is 1. The Morgan fingerprint density at radius 1 is 1.10 bits per heavy atom. The topological polar surface area (TPSA) is 81.8 Å². The molecule has 0 saturated carbocycles. The first-order chi connectivity index (χ1) is 19.3. The number of thiocarbonyl (C=S) groups is 1. The Balaban J connectivity index is 1.71. The van der Waals surface area contributed by atoms with Gasteiger partial charge in [-0.3, -0.25) is 19.1 Å². The number of thioether (sulfide) groups is 1. The summed E-state index contributed by atoms with van der Waals surface area (Å²) in [6.45, 7) is 11.4. The Morgan fingerprint density at radius 2 is 1.80 bits per heavy atom. The number of carbonyl (C=O) groups excluding carboxylic acids is 1. The smallest absolute Gasteiger partial charge is 0.270 e. The predicted molar refractivity (Wildman–Crippen MR) is 166 cm³/mol. The number of anilines is 1. The van der Waals surface area contributed by atoms with Crippen molar-refractivity contribution in [1.29, 1.82) is 5.26 Å². The largest absolute Gasteiger partial charge is 0.497 e. The highest BCUT2D eigenvalue weighted by Crippen LogP contribution is 2.36. The van der Waals surface area contributed by atoms with Crippen molar-refractivity contribution >= 4 is 46.1 Å². The fraction of sp³-hybridized carbons (Fsp3) is 0.467. The maximum atomic E-state index is 13.6. The number of nitriles is 1. The summed E-state index contributed by atoms with van der Waals surface area (Å²) < 4.78 is 7.51. The fourth-order valence-electron chi connectivity index (χ4n) is 5.14. The number of pyridine rings is 1. The van der Waals surface area contributed by atoms with Gasteiger partial charge >= 0.3 is 0 Å². The van der Waals surface area contributed by atoms with Crippen molar-refractivity contribution in [2.75, 3.05) is 51.3 Å². The molecule has 0 N–H and O–H groups in total. The van der Waals surface area contributed by atoms with Gasteiger partial charge in [-0.25, -0.2) is 0 Å². The molecule has 2 saturated heterocycles. The molecule has 0 radical (unpaired) electrons. The molecule has 3 heterocycles. The fourth-order valence-corrected chi connectivity index (χ4v) is 6.43. The molecular weight excluding hydrogens is 542 g/mol. The molecule has 0 bridgehead atoms. The molecule has 0 spiro atoms. The Hall–Kier alpha value is -3.13. The van der Waals surface area contributed by atoms with Crippen molar-refractivity contribution in [3.8, 4) is 11.8 Å². The highest BCUT2D eigenvalue weighted by molar-refractivity contribution is 8.26. The third-order valence-electron chi connectivity index (χ3n) is 7.63. The number of amides is 1. The van der Waals surface area contributed by atoms with Gasteiger partial charge in [-0.1, -0.05) is 56.4 Å². The predicted octanol–water partition coefficient (Wildman–Crippen LogP) is 4.42. The molecule has 40 heavy (non-hydrogen) atoms. The van der Waals surface area contributed by atoms with E-state index in [1.54, 1.807) is 16.6 Å². The quantitative estimate of drug-likeness (QED) is 0.302. The highest BCUT2D eigenvalue weighted by Gasteiger charge is 2.33.